The van der Waals surface area contributed by atoms with Gasteiger partial charge in [0.05, 0.1) is 16.7 Å². The molecule has 0 saturated heterocycles. The highest BCUT2D eigenvalue weighted by Crippen LogP contribution is 2.34. The Hall–Kier alpha value is -1.19. The van der Waals surface area contributed by atoms with Crippen LogP contribution in [0.3, 0.4) is 0 Å². The summed E-state index contributed by atoms with van der Waals surface area (Å²) in [4.78, 5) is 6.48. The molecule has 1 unspecified atom stereocenters. The fourth-order valence-corrected chi connectivity index (χ4v) is 4.26. The van der Waals surface area contributed by atoms with Gasteiger partial charge in [0.2, 0.25) is 0 Å². The molecule has 1 N–H and O–H groups in total. The molecule has 2 aromatic rings. The smallest absolute Gasteiger partial charge is 0.0975 e. The highest BCUT2D eigenvalue weighted by Gasteiger charge is 2.24. The summed E-state index contributed by atoms with van der Waals surface area (Å²) >= 11 is 1.92. The van der Waals surface area contributed by atoms with Crippen LogP contribution in [0, 0.1) is 6.92 Å². The molecule has 112 valence electrons. The second-order valence-corrected chi connectivity index (χ2v) is 7.15. The monoisotopic (exact) mass is 300 g/mol. The van der Waals surface area contributed by atoms with Crippen LogP contribution in [0.1, 0.15) is 58.9 Å². The van der Waals surface area contributed by atoms with E-state index in [1.54, 1.807) is 0 Å². The van der Waals surface area contributed by atoms with Crippen molar-refractivity contribution in [3.8, 4) is 0 Å². The zero-order valence-corrected chi connectivity index (χ0v) is 13.8. The first-order valence-electron chi connectivity index (χ1n) is 8.03. The minimum Gasteiger partial charge on any atom is -0.309 e. The number of benzene rings is 1. The maximum atomic E-state index is 4.97. The van der Waals surface area contributed by atoms with Crippen LogP contribution in [0.2, 0.25) is 0 Å². The van der Waals surface area contributed by atoms with E-state index in [1.807, 2.05) is 11.3 Å². The number of hydrogen-bond acceptors (Lipinski definition) is 3. The molecule has 0 radical (unpaired) electrons. The second kappa shape index (κ2) is 6.71. The van der Waals surface area contributed by atoms with Crippen molar-refractivity contribution >= 4 is 11.3 Å². The highest BCUT2D eigenvalue weighted by molar-refractivity contribution is 7.11. The lowest BCUT2D eigenvalue weighted by Gasteiger charge is -2.22. The Morgan fingerprint density at radius 2 is 2.29 bits per heavy atom. The first-order valence-corrected chi connectivity index (χ1v) is 8.85. The van der Waals surface area contributed by atoms with Gasteiger partial charge in [-0.3, -0.25) is 0 Å². The summed E-state index contributed by atoms with van der Waals surface area (Å²) < 4.78 is 0. The summed E-state index contributed by atoms with van der Waals surface area (Å²) in [5.41, 5.74) is 4.04. The summed E-state index contributed by atoms with van der Waals surface area (Å²) in [5, 5.41) is 4.93. The van der Waals surface area contributed by atoms with Gasteiger partial charge in [0.1, 0.15) is 0 Å². The quantitative estimate of drug-likeness (QED) is 0.884. The van der Waals surface area contributed by atoms with E-state index < -0.39 is 0 Å². The van der Waals surface area contributed by atoms with Crippen molar-refractivity contribution in [1.82, 2.24) is 10.3 Å². The molecule has 0 aliphatic heterocycles. The molecule has 2 nitrogen and oxygen atoms in total. The average Bonchev–Trinajstić information content (AvgIpc) is 2.88. The van der Waals surface area contributed by atoms with Crippen molar-refractivity contribution in [2.75, 3.05) is 6.54 Å². The molecule has 0 amide bonds. The number of hydrogen-bond donors (Lipinski definition) is 1. The van der Waals surface area contributed by atoms with Gasteiger partial charge in [-0.1, -0.05) is 36.8 Å². The Labute approximate surface area is 131 Å². The van der Waals surface area contributed by atoms with Crippen LogP contribution >= 0.6 is 11.3 Å². The SMILES string of the molecule is CCCNC1CCCc2sc(Cc3cccc(C)c3)nc21. The molecule has 1 aromatic carbocycles. The Morgan fingerprint density at radius 3 is 3.10 bits per heavy atom. The van der Waals surface area contributed by atoms with Crippen molar-refractivity contribution in [3.63, 3.8) is 0 Å². The largest absolute Gasteiger partial charge is 0.309 e. The van der Waals surface area contributed by atoms with Crippen molar-refractivity contribution in [1.29, 1.82) is 0 Å². The zero-order chi connectivity index (χ0) is 14.7. The number of nitrogens with zero attached hydrogens (tertiary/aromatic N) is 1. The number of aryl methyl sites for hydroxylation is 2. The van der Waals surface area contributed by atoms with Crippen LogP contribution < -0.4 is 5.32 Å². The summed E-state index contributed by atoms with van der Waals surface area (Å²) in [7, 11) is 0. The molecule has 3 heteroatoms. The summed E-state index contributed by atoms with van der Waals surface area (Å²) in [6, 6.07) is 9.26. The van der Waals surface area contributed by atoms with Crippen molar-refractivity contribution < 1.29 is 0 Å². The number of rotatable bonds is 5. The number of nitrogens with one attached hydrogen (secondary N) is 1. The lowest BCUT2D eigenvalue weighted by molar-refractivity contribution is 0.454. The second-order valence-electron chi connectivity index (χ2n) is 5.98. The summed E-state index contributed by atoms with van der Waals surface area (Å²) in [6.07, 6.45) is 5.90. The van der Waals surface area contributed by atoms with Crippen molar-refractivity contribution in [2.24, 2.45) is 0 Å². The van der Waals surface area contributed by atoms with E-state index in [0.29, 0.717) is 6.04 Å². The predicted octanol–water partition coefficient (Wildman–Crippen LogP) is 4.42. The Kier molecular flexibility index (Phi) is 4.71. The summed E-state index contributed by atoms with van der Waals surface area (Å²) in [5.74, 6) is 0. The van der Waals surface area contributed by atoms with E-state index in [4.69, 9.17) is 4.98 Å². The summed E-state index contributed by atoms with van der Waals surface area (Å²) in [6.45, 7) is 5.47. The molecule has 21 heavy (non-hydrogen) atoms. The van der Waals surface area contributed by atoms with Crippen LogP contribution in [-0.2, 0) is 12.8 Å². The van der Waals surface area contributed by atoms with Crippen LogP contribution in [-0.4, -0.2) is 11.5 Å². The molecule has 1 aromatic heterocycles. The molecular formula is C18H24N2S. The van der Waals surface area contributed by atoms with Gasteiger partial charge in [0.15, 0.2) is 0 Å². The van der Waals surface area contributed by atoms with Crippen LogP contribution in [0.5, 0.6) is 0 Å². The molecule has 1 aliphatic carbocycles. The first-order chi connectivity index (χ1) is 10.3. The van der Waals surface area contributed by atoms with Gasteiger partial charge >= 0.3 is 0 Å². The topological polar surface area (TPSA) is 24.9 Å². The normalized spacial score (nSPS) is 17.7. The standard InChI is InChI=1S/C18H24N2S/c1-3-10-19-15-8-5-9-16-18(15)20-17(21-16)12-14-7-4-6-13(2)11-14/h4,6-7,11,15,19H,3,5,8-10,12H2,1-2H3. The highest BCUT2D eigenvalue weighted by atomic mass is 32.1. The Morgan fingerprint density at radius 1 is 1.38 bits per heavy atom. The van der Waals surface area contributed by atoms with E-state index in [2.05, 4.69) is 43.4 Å². The lowest BCUT2D eigenvalue weighted by atomic mass is 9.97. The Bertz CT molecular complexity index is 603. The maximum Gasteiger partial charge on any atom is 0.0975 e. The van der Waals surface area contributed by atoms with E-state index in [1.165, 1.54) is 52.4 Å². The van der Waals surface area contributed by atoms with Gasteiger partial charge in [-0.25, -0.2) is 4.98 Å². The molecule has 3 rings (SSSR count). The van der Waals surface area contributed by atoms with Gasteiger partial charge in [0, 0.05) is 11.3 Å². The Balaban J connectivity index is 1.78. The molecule has 0 saturated carbocycles. The molecule has 0 fully saturated rings. The third-order valence-electron chi connectivity index (χ3n) is 4.08. The average molecular weight is 300 g/mol. The van der Waals surface area contributed by atoms with Gasteiger partial charge in [-0.15, -0.1) is 11.3 Å². The molecule has 0 bridgehead atoms. The fraction of sp³-hybridized carbons (Fsp3) is 0.500. The van der Waals surface area contributed by atoms with E-state index in [-0.39, 0.29) is 0 Å². The molecular weight excluding hydrogens is 276 g/mol. The first kappa shape index (κ1) is 14.7. The van der Waals surface area contributed by atoms with Gasteiger partial charge in [-0.2, -0.15) is 0 Å². The van der Waals surface area contributed by atoms with E-state index in [9.17, 15) is 0 Å². The lowest BCUT2D eigenvalue weighted by Crippen LogP contribution is -2.25. The third kappa shape index (κ3) is 3.53. The maximum absolute atomic E-state index is 4.97. The van der Waals surface area contributed by atoms with Crippen molar-refractivity contribution in [2.45, 2.75) is 52.0 Å². The van der Waals surface area contributed by atoms with Crippen LogP contribution in [0.15, 0.2) is 24.3 Å². The number of fused-ring (bicyclic) bond motifs is 1. The fourth-order valence-electron chi connectivity index (χ4n) is 3.06. The third-order valence-corrected chi connectivity index (χ3v) is 5.21. The molecule has 1 atom stereocenters. The number of thiazole rings is 1. The van der Waals surface area contributed by atoms with Gasteiger partial charge < -0.3 is 5.32 Å². The predicted molar refractivity (Wildman–Crippen MR) is 90.1 cm³/mol. The van der Waals surface area contributed by atoms with Gasteiger partial charge in [0.25, 0.3) is 0 Å². The van der Waals surface area contributed by atoms with Crippen LogP contribution in [0.4, 0.5) is 0 Å². The molecule has 0 spiro atoms. The molecule has 1 heterocycles. The van der Waals surface area contributed by atoms with Crippen LogP contribution in [0.25, 0.3) is 0 Å². The minimum absolute atomic E-state index is 0.483. The number of aromatic nitrogens is 1. The van der Waals surface area contributed by atoms with Gasteiger partial charge in [-0.05, 0) is 44.7 Å². The molecule has 1 aliphatic rings. The van der Waals surface area contributed by atoms with E-state index in [0.717, 1.165) is 13.0 Å². The minimum atomic E-state index is 0.483. The van der Waals surface area contributed by atoms with Crippen molar-refractivity contribution in [3.05, 3.63) is 51.0 Å². The van der Waals surface area contributed by atoms with E-state index >= 15 is 0 Å². The zero-order valence-electron chi connectivity index (χ0n) is 13.0.